The Morgan fingerprint density at radius 3 is 2.57 bits per heavy atom. The average molecular weight is 494 g/mol. The number of fused-ring (bicyclic) bond motifs is 2. The first-order valence-corrected chi connectivity index (χ1v) is 13.1. The maximum atomic E-state index is 5.89. The average Bonchev–Trinajstić information content (AvgIpc) is 3.28. The van der Waals surface area contributed by atoms with Crippen LogP contribution in [0.2, 0.25) is 0 Å². The largest absolute Gasteiger partial charge is 0.348 e. The van der Waals surface area contributed by atoms with Crippen molar-refractivity contribution in [3.05, 3.63) is 72.6 Å². The molecule has 1 aromatic carbocycles. The number of hydrogen-bond acceptors (Lipinski definition) is 7. The minimum Gasteiger partial charge on any atom is -0.348 e. The molecule has 0 N–H and O–H groups in total. The third kappa shape index (κ3) is 3.41. The number of nitrogens with zero attached hydrogens (tertiary/aromatic N) is 7. The van der Waals surface area contributed by atoms with Crippen molar-refractivity contribution in [2.45, 2.75) is 55.8 Å². The SMILES string of the molecule is c1cnc2ccc(C3(c4cnc5ncc(-c6cnn(C7CCC8(CC7)OCCO8)c6)nn45)CC3)cc2c1. The first-order chi connectivity index (χ1) is 18.2. The van der Waals surface area contributed by atoms with E-state index in [0.717, 1.165) is 66.4 Å². The van der Waals surface area contributed by atoms with Crippen LogP contribution in [0, 0.1) is 0 Å². The maximum absolute atomic E-state index is 5.89. The molecule has 0 bridgehead atoms. The summed E-state index contributed by atoms with van der Waals surface area (Å²) in [5, 5.41) is 10.8. The summed E-state index contributed by atoms with van der Waals surface area (Å²) in [6.07, 6.45) is 15.5. The molecule has 186 valence electrons. The van der Waals surface area contributed by atoms with Crippen LogP contribution < -0.4 is 0 Å². The highest BCUT2D eigenvalue weighted by molar-refractivity contribution is 5.79. The molecule has 5 heterocycles. The molecule has 1 saturated heterocycles. The zero-order valence-corrected chi connectivity index (χ0v) is 20.5. The Morgan fingerprint density at radius 2 is 1.73 bits per heavy atom. The molecule has 4 aromatic heterocycles. The minimum atomic E-state index is -0.360. The molecule has 8 rings (SSSR count). The van der Waals surface area contributed by atoms with Crippen molar-refractivity contribution in [2.75, 3.05) is 13.2 Å². The predicted octanol–water partition coefficient (Wildman–Crippen LogP) is 4.47. The highest BCUT2D eigenvalue weighted by Gasteiger charge is 2.49. The molecule has 9 nitrogen and oxygen atoms in total. The van der Waals surface area contributed by atoms with Gasteiger partial charge in [-0.2, -0.15) is 14.7 Å². The molecule has 2 saturated carbocycles. The molecule has 2 aliphatic carbocycles. The molecule has 0 amide bonds. The molecule has 3 fully saturated rings. The van der Waals surface area contributed by atoms with Gasteiger partial charge >= 0.3 is 0 Å². The van der Waals surface area contributed by atoms with Crippen LogP contribution in [0.5, 0.6) is 0 Å². The van der Waals surface area contributed by atoms with Crippen LogP contribution in [-0.2, 0) is 14.9 Å². The summed E-state index contributed by atoms with van der Waals surface area (Å²) in [6.45, 7) is 1.40. The summed E-state index contributed by atoms with van der Waals surface area (Å²) in [5.41, 5.74) is 5.04. The topological polar surface area (TPSA) is 92.2 Å². The molecular formula is C28H27N7O2. The van der Waals surface area contributed by atoms with E-state index in [4.69, 9.17) is 19.7 Å². The molecule has 0 radical (unpaired) electrons. The van der Waals surface area contributed by atoms with Gasteiger partial charge in [0.05, 0.1) is 49.1 Å². The third-order valence-electron chi connectivity index (χ3n) is 8.43. The summed E-state index contributed by atoms with van der Waals surface area (Å²) >= 11 is 0. The Balaban J connectivity index is 1.10. The van der Waals surface area contributed by atoms with Gasteiger partial charge in [-0.1, -0.05) is 12.1 Å². The van der Waals surface area contributed by atoms with Crippen LogP contribution in [0.1, 0.15) is 55.8 Å². The number of aromatic nitrogens is 7. The molecule has 1 aliphatic heterocycles. The smallest absolute Gasteiger partial charge is 0.250 e. The van der Waals surface area contributed by atoms with E-state index in [0.29, 0.717) is 25.0 Å². The van der Waals surface area contributed by atoms with Gasteiger partial charge in [0.2, 0.25) is 0 Å². The fourth-order valence-corrected chi connectivity index (χ4v) is 6.19. The minimum absolute atomic E-state index is 0.0939. The first-order valence-electron chi connectivity index (χ1n) is 13.1. The zero-order chi connectivity index (χ0) is 24.5. The maximum Gasteiger partial charge on any atom is 0.250 e. The summed E-state index contributed by atoms with van der Waals surface area (Å²) in [4.78, 5) is 13.7. The van der Waals surface area contributed by atoms with Crippen LogP contribution >= 0.6 is 0 Å². The Morgan fingerprint density at radius 1 is 0.892 bits per heavy atom. The van der Waals surface area contributed by atoms with Crippen LogP contribution in [0.15, 0.2) is 61.3 Å². The number of pyridine rings is 1. The molecule has 3 aliphatic rings. The van der Waals surface area contributed by atoms with Gasteiger partial charge in [0.15, 0.2) is 5.79 Å². The van der Waals surface area contributed by atoms with Gasteiger partial charge in [-0.15, -0.1) is 0 Å². The van der Waals surface area contributed by atoms with Gasteiger partial charge in [-0.05, 0) is 49.4 Å². The Labute approximate surface area is 213 Å². The lowest BCUT2D eigenvalue weighted by Crippen LogP contribution is -2.35. The van der Waals surface area contributed by atoms with Gasteiger partial charge in [0.25, 0.3) is 5.78 Å². The fourth-order valence-electron chi connectivity index (χ4n) is 6.19. The van der Waals surface area contributed by atoms with Gasteiger partial charge in [0.1, 0.15) is 5.69 Å². The first kappa shape index (κ1) is 21.4. The number of rotatable bonds is 4. The van der Waals surface area contributed by atoms with Gasteiger partial charge in [-0.25, -0.2) is 9.97 Å². The van der Waals surface area contributed by atoms with E-state index in [1.807, 2.05) is 29.2 Å². The Hall–Kier alpha value is -3.69. The van der Waals surface area contributed by atoms with E-state index in [1.54, 1.807) is 6.20 Å². The van der Waals surface area contributed by atoms with E-state index >= 15 is 0 Å². The zero-order valence-electron chi connectivity index (χ0n) is 20.5. The standard InChI is InChI=1S/C28H27N7O2/c1-2-19-14-21(3-4-23(19)29-11-1)27(9-10-27)25-17-31-26-30-16-24(33-35(25)26)20-15-32-34(18-20)22-5-7-28(8-6-22)36-12-13-37-28/h1-4,11,14-18,22H,5-10,12-13H2. The van der Waals surface area contributed by atoms with Crippen molar-refractivity contribution in [1.29, 1.82) is 0 Å². The van der Waals surface area contributed by atoms with E-state index < -0.39 is 0 Å². The second-order valence-corrected chi connectivity index (χ2v) is 10.5. The molecule has 37 heavy (non-hydrogen) atoms. The summed E-state index contributed by atoms with van der Waals surface area (Å²) in [5.74, 6) is 0.259. The van der Waals surface area contributed by atoms with Crippen molar-refractivity contribution >= 4 is 16.7 Å². The second kappa shape index (κ2) is 7.90. The number of hydrogen-bond donors (Lipinski definition) is 0. The molecule has 0 atom stereocenters. The Bertz CT molecular complexity index is 1620. The van der Waals surface area contributed by atoms with Crippen LogP contribution in [0.3, 0.4) is 0 Å². The number of ether oxygens (including phenoxy) is 2. The highest BCUT2D eigenvalue weighted by Crippen LogP contribution is 2.53. The van der Waals surface area contributed by atoms with E-state index in [9.17, 15) is 0 Å². The van der Waals surface area contributed by atoms with Crippen molar-refractivity contribution in [3.63, 3.8) is 0 Å². The Kier molecular flexibility index (Phi) is 4.57. The quantitative estimate of drug-likeness (QED) is 0.365. The molecule has 1 spiro atoms. The van der Waals surface area contributed by atoms with Crippen LogP contribution in [-0.4, -0.2) is 53.3 Å². The van der Waals surface area contributed by atoms with Gasteiger partial charge in [0, 0.05) is 41.6 Å². The lowest BCUT2D eigenvalue weighted by Gasteiger charge is -2.35. The summed E-state index contributed by atoms with van der Waals surface area (Å²) in [7, 11) is 0. The van der Waals surface area contributed by atoms with Crippen molar-refractivity contribution in [2.24, 2.45) is 0 Å². The predicted molar refractivity (Wildman–Crippen MR) is 136 cm³/mol. The summed E-state index contributed by atoms with van der Waals surface area (Å²) in [6, 6.07) is 11.0. The molecular weight excluding hydrogens is 466 g/mol. The van der Waals surface area contributed by atoms with Gasteiger partial charge in [-0.3, -0.25) is 9.67 Å². The summed E-state index contributed by atoms with van der Waals surface area (Å²) < 4.78 is 15.8. The van der Waals surface area contributed by atoms with Crippen molar-refractivity contribution in [3.8, 4) is 11.3 Å². The third-order valence-corrected chi connectivity index (χ3v) is 8.43. The molecule has 5 aromatic rings. The second-order valence-electron chi connectivity index (χ2n) is 10.5. The lowest BCUT2D eigenvalue weighted by molar-refractivity contribution is -0.181. The van der Waals surface area contributed by atoms with Crippen molar-refractivity contribution in [1.82, 2.24) is 34.3 Å². The molecule has 9 heteroatoms. The molecule has 0 unspecified atom stereocenters. The highest BCUT2D eigenvalue weighted by atomic mass is 16.7. The fraction of sp³-hybridized carbons (Fsp3) is 0.393. The van der Waals surface area contributed by atoms with E-state index in [2.05, 4.69) is 50.1 Å². The number of benzene rings is 1. The van der Waals surface area contributed by atoms with E-state index in [1.165, 1.54) is 5.56 Å². The lowest BCUT2D eigenvalue weighted by atomic mass is 9.90. The monoisotopic (exact) mass is 493 g/mol. The van der Waals surface area contributed by atoms with Crippen LogP contribution in [0.4, 0.5) is 0 Å². The van der Waals surface area contributed by atoms with Crippen LogP contribution in [0.25, 0.3) is 27.9 Å². The van der Waals surface area contributed by atoms with Gasteiger partial charge < -0.3 is 9.47 Å². The number of imidazole rings is 1. The normalized spacial score (nSPS) is 20.8. The van der Waals surface area contributed by atoms with Crippen molar-refractivity contribution < 1.29 is 9.47 Å². The van der Waals surface area contributed by atoms with E-state index in [-0.39, 0.29) is 11.2 Å².